The van der Waals surface area contributed by atoms with Crippen LogP contribution in [-0.4, -0.2) is 21.0 Å². The van der Waals surface area contributed by atoms with Gasteiger partial charge in [0.2, 0.25) is 5.88 Å². The Morgan fingerprint density at radius 3 is 2.79 bits per heavy atom. The number of carboxylic acids is 1. The second-order valence-corrected chi connectivity index (χ2v) is 5.09. The maximum absolute atomic E-state index is 11.5. The number of nitrogens with one attached hydrogen (secondary N) is 1. The molecule has 2 aromatic heterocycles. The molecule has 0 unspecified atom stereocenters. The van der Waals surface area contributed by atoms with E-state index in [4.69, 9.17) is 9.84 Å². The molecule has 19 heavy (non-hydrogen) atoms. The van der Waals surface area contributed by atoms with Gasteiger partial charge in [-0.05, 0) is 0 Å². The van der Waals surface area contributed by atoms with Crippen molar-refractivity contribution in [1.29, 1.82) is 0 Å². The fourth-order valence-electron chi connectivity index (χ4n) is 1.38. The minimum absolute atomic E-state index is 0.0632. The smallest absolute Gasteiger partial charge is 0.346 e. The number of carbonyl (C=O) groups is 1. The second kappa shape index (κ2) is 5.23. The highest BCUT2D eigenvalue weighted by atomic mass is 32.1. The molecule has 0 aliphatic heterocycles. The number of hydrogen-bond acceptors (Lipinski definition) is 5. The van der Waals surface area contributed by atoms with Crippen molar-refractivity contribution in [2.75, 3.05) is 0 Å². The van der Waals surface area contributed by atoms with Crippen molar-refractivity contribution in [1.82, 2.24) is 9.97 Å². The summed E-state index contributed by atoms with van der Waals surface area (Å²) < 4.78 is 5.40. The SMILES string of the molecule is CC(C)c1nc(Oc2csc(C(=O)O)c2)cc(=O)[nH]1. The predicted octanol–water partition coefficient (Wildman–Crippen LogP) is 2.45. The van der Waals surface area contributed by atoms with Gasteiger partial charge in [-0.1, -0.05) is 13.8 Å². The maximum atomic E-state index is 11.5. The number of carboxylic acid groups (broad SMARTS) is 1. The number of thiophene rings is 1. The Balaban J connectivity index is 2.27. The minimum atomic E-state index is -1.01. The van der Waals surface area contributed by atoms with Gasteiger partial charge < -0.3 is 14.8 Å². The number of hydrogen-bond donors (Lipinski definition) is 2. The molecule has 7 heteroatoms. The summed E-state index contributed by atoms with van der Waals surface area (Å²) in [5.74, 6) is 0.0866. The zero-order chi connectivity index (χ0) is 14.0. The number of aromatic amines is 1. The summed E-state index contributed by atoms with van der Waals surface area (Å²) in [4.78, 5) is 29.2. The van der Waals surface area contributed by atoms with Crippen LogP contribution in [0.4, 0.5) is 0 Å². The molecule has 100 valence electrons. The molecular formula is C12H12N2O4S. The zero-order valence-electron chi connectivity index (χ0n) is 10.3. The molecule has 2 aromatic rings. The normalized spacial score (nSPS) is 10.7. The van der Waals surface area contributed by atoms with Crippen LogP contribution in [0.2, 0.25) is 0 Å². The van der Waals surface area contributed by atoms with Crippen molar-refractivity contribution in [3.8, 4) is 11.6 Å². The molecule has 0 aliphatic carbocycles. The van der Waals surface area contributed by atoms with Gasteiger partial charge in [-0.25, -0.2) is 4.79 Å². The molecule has 0 spiro atoms. The van der Waals surface area contributed by atoms with Gasteiger partial charge in [0.15, 0.2) is 0 Å². The Kier molecular flexibility index (Phi) is 3.66. The topological polar surface area (TPSA) is 92.3 Å². The first-order valence-electron chi connectivity index (χ1n) is 5.56. The fourth-order valence-corrected chi connectivity index (χ4v) is 2.03. The molecule has 2 N–H and O–H groups in total. The number of H-pyrrole nitrogens is 1. The van der Waals surface area contributed by atoms with Crippen LogP contribution in [0, 0.1) is 0 Å². The molecule has 0 aromatic carbocycles. The van der Waals surface area contributed by atoms with Gasteiger partial charge in [0.25, 0.3) is 5.56 Å². The highest BCUT2D eigenvalue weighted by Crippen LogP contribution is 2.25. The lowest BCUT2D eigenvalue weighted by atomic mass is 10.2. The van der Waals surface area contributed by atoms with E-state index in [0.29, 0.717) is 11.6 Å². The molecule has 0 atom stereocenters. The Labute approximate surface area is 112 Å². The lowest BCUT2D eigenvalue weighted by molar-refractivity contribution is 0.0702. The van der Waals surface area contributed by atoms with Gasteiger partial charge in [-0.2, -0.15) is 4.98 Å². The maximum Gasteiger partial charge on any atom is 0.346 e. The van der Waals surface area contributed by atoms with Crippen LogP contribution in [0.1, 0.15) is 35.3 Å². The highest BCUT2D eigenvalue weighted by molar-refractivity contribution is 7.12. The molecule has 0 saturated carbocycles. The number of aromatic nitrogens is 2. The Morgan fingerprint density at radius 2 is 2.21 bits per heavy atom. The van der Waals surface area contributed by atoms with Crippen LogP contribution in [0.15, 0.2) is 22.3 Å². The zero-order valence-corrected chi connectivity index (χ0v) is 11.2. The summed E-state index contributed by atoms with van der Waals surface area (Å²) in [5, 5.41) is 10.4. The molecule has 0 bridgehead atoms. The van der Waals surface area contributed by atoms with E-state index in [1.165, 1.54) is 12.1 Å². The van der Waals surface area contributed by atoms with Crippen LogP contribution in [-0.2, 0) is 0 Å². The quantitative estimate of drug-likeness (QED) is 0.897. The molecule has 0 amide bonds. The van der Waals surface area contributed by atoms with E-state index >= 15 is 0 Å². The third kappa shape index (κ3) is 3.19. The average molecular weight is 280 g/mol. The van der Waals surface area contributed by atoms with Crippen molar-refractivity contribution < 1.29 is 14.6 Å². The minimum Gasteiger partial charge on any atom is -0.477 e. The third-order valence-electron chi connectivity index (χ3n) is 2.29. The Bertz CT molecular complexity index is 660. The van der Waals surface area contributed by atoms with E-state index in [1.54, 1.807) is 5.38 Å². The number of aromatic carboxylic acids is 1. The highest BCUT2D eigenvalue weighted by Gasteiger charge is 2.10. The molecule has 0 aliphatic rings. The summed E-state index contributed by atoms with van der Waals surface area (Å²) in [6, 6.07) is 2.62. The summed E-state index contributed by atoms with van der Waals surface area (Å²) in [5.41, 5.74) is -0.303. The van der Waals surface area contributed by atoms with Gasteiger partial charge in [0.1, 0.15) is 16.5 Å². The molecule has 2 heterocycles. The number of rotatable bonds is 4. The summed E-state index contributed by atoms with van der Waals surface area (Å²) >= 11 is 1.05. The molecule has 0 saturated heterocycles. The lowest BCUT2D eigenvalue weighted by Crippen LogP contribution is -2.11. The predicted molar refractivity (Wildman–Crippen MR) is 70.3 cm³/mol. The molecule has 0 fully saturated rings. The van der Waals surface area contributed by atoms with Gasteiger partial charge >= 0.3 is 5.97 Å². The number of nitrogens with zero attached hydrogens (tertiary/aromatic N) is 1. The van der Waals surface area contributed by atoms with Crippen molar-refractivity contribution >= 4 is 17.3 Å². The Hall–Kier alpha value is -2.15. The lowest BCUT2D eigenvalue weighted by Gasteiger charge is -2.06. The third-order valence-corrected chi connectivity index (χ3v) is 3.19. The largest absolute Gasteiger partial charge is 0.477 e. The van der Waals surface area contributed by atoms with Gasteiger partial charge in [0, 0.05) is 17.4 Å². The summed E-state index contributed by atoms with van der Waals surface area (Å²) in [6.07, 6.45) is 0. The number of ether oxygens (including phenoxy) is 1. The van der Waals surface area contributed by atoms with Crippen molar-refractivity contribution in [3.63, 3.8) is 0 Å². The first kappa shape index (κ1) is 13.3. The summed E-state index contributed by atoms with van der Waals surface area (Å²) in [6.45, 7) is 3.80. The molecular weight excluding hydrogens is 268 g/mol. The van der Waals surface area contributed by atoms with Gasteiger partial charge in [-0.3, -0.25) is 4.79 Å². The first-order valence-corrected chi connectivity index (χ1v) is 6.44. The van der Waals surface area contributed by atoms with Crippen LogP contribution in [0.5, 0.6) is 11.6 Å². The van der Waals surface area contributed by atoms with Crippen LogP contribution < -0.4 is 10.3 Å². The monoisotopic (exact) mass is 280 g/mol. The Morgan fingerprint density at radius 1 is 1.47 bits per heavy atom. The van der Waals surface area contributed by atoms with Crippen molar-refractivity contribution in [2.45, 2.75) is 19.8 Å². The summed E-state index contributed by atoms with van der Waals surface area (Å²) in [7, 11) is 0. The van der Waals surface area contributed by atoms with E-state index in [-0.39, 0.29) is 22.2 Å². The van der Waals surface area contributed by atoms with E-state index in [9.17, 15) is 9.59 Å². The van der Waals surface area contributed by atoms with E-state index in [1.807, 2.05) is 13.8 Å². The molecule has 0 radical (unpaired) electrons. The second-order valence-electron chi connectivity index (χ2n) is 4.18. The van der Waals surface area contributed by atoms with Crippen LogP contribution in [0.25, 0.3) is 0 Å². The first-order chi connectivity index (χ1) is 8.95. The van der Waals surface area contributed by atoms with E-state index in [0.717, 1.165) is 11.3 Å². The molecule has 6 nitrogen and oxygen atoms in total. The van der Waals surface area contributed by atoms with Crippen molar-refractivity contribution in [2.24, 2.45) is 0 Å². The molecule has 2 rings (SSSR count). The fraction of sp³-hybridized carbons (Fsp3) is 0.250. The van der Waals surface area contributed by atoms with Crippen molar-refractivity contribution in [3.05, 3.63) is 38.6 Å². The van der Waals surface area contributed by atoms with Crippen LogP contribution in [0.3, 0.4) is 0 Å². The average Bonchev–Trinajstić information content (AvgIpc) is 2.76. The van der Waals surface area contributed by atoms with Gasteiger partial charge in [0.05, 0.1) is 6.07 Å². The van der Waals surface area contributed by atoms with Gasteiger partial charge in [-0.15, -0.1) is 11.3 Å². The standard InChI is InChI=1S/C12H12N2O4S/c1-6(2)11-13-9(15)4-10(14-11)18-7-3-8(12(16)17)19-5-7/h3-6H,1-2H3,(H,16,17)(H,13,14,15). The van der Waals surface area contributed by atoms with Crippen LogP contribution >= 0.6 is 11.3 Å². The van der Waals surface area contributed by atoms with E-state index < -0.39 is 5.97 Å². The van der Waals surface area contributed by atoms with E-state index in [2.05, 4.69) is 9.97 Å².